The molecule has 3 aliphatic rings. The molecule has 3 rings (SSSR count). The maximum Gasteiger partial charge on any atom is 0.234 e. The summed E-state index contributed by atoms with van der Waals surface area (Å²) in [4.78, 5) is 18.5. The summed E-state index contributed by atoms with van der Waals surface area (Å²) in [6, 6.07) is 0. The monoisotopic (exact) mass is 365 g/mol. The fourth-order valence-electron chi connectivity index (χ4n) is 2.76. The average molecular weight is 366 g/mol. The predicted molar refractivity (Wildman–Crippen MR) is 90.1 cm³/mol. The number of rotatable bonds is 5. The highest BCUT2D eigenvalue weighted by Crippen LogP contribution is 2.30. The van der Waals surface area contributed by atoms with Gasteiger partial charge in [-0.25, -0.2) is 0 Å². The van der Waals surface area contributed by atoms with Gasteiger partial charge in [0.05, 0.1) is 25.5 Å². The number of nitrogens with zero attached hydrogens (tertiary/aromatic N) is 2. The Morgan fingerprint density at radius 2 is 2.23 bits per heavy atom. The van der Waals surface area contributed by atoms with Crippen molar-refractivity contribution in [1.82, 2.24) is 10.2 Å². The second-order valence-electron chi connectivity index (χ2n) is 5.57. The second-order valence-corrected chi connectivity index (χ2v) is 6.49. The van der Waals surface area contributed by atoms with Crippen molar-refractivity contribution in [1.29, 1.82) is 0 Å². The Labute approximate surface area is 138 Å². The zero-order valence-corrected chi connectivity index (χ0v) is 14.1. The van der Waals surface area contributed by atoms with Gasteiger partial charge in [-0.2, -0.15) is 0 Å². The summed E-state index contributed by atoms with van der Waals surface area (Å²) in [5, 5.41) is 3.00. The normalized spacial score (nSPS) is 21.5. The van der Waals surface area contributed by atoms with Crippen LogP contribution in [-0.2, 0) is 9.53 Å². The van der Waals surface area contributed by atoms with Crippen molar-refractivity contribution in [2.24, 2.45) is 4.99 Å². The number of morpholine rings is 1. The van der Waals surface area contributed by atoms with E-state index >= 15 is 0 Å². The highest BCUT2D eigenvalue weighted by atomic mass is 79.9. The van der Waals surface area contributed by atoms with Gasteiger partial charge in [0.2, 0.25) is 5.91 Å². The lowest BCUT2D eigenvalue weighted by Crippen LogP contribution is -2.43. The van der Waals surface area contributed by atoms with Crippen molar-refractivity contribution in [2.75, 3.05) is 39.4 Å². The van der Waals surface area contributed by atoms with Crippen molar-refractivity contribution in [3.63, 3.8) is 0 Å². The van der Waals surface area contributed by atoms with E-state index < -0.39 is 0 Å². The second kappa shape index (κ2) is 7.35. The third-order valence-electron chi connectivity index (χ3n) is 3.99. The van der Waals surface area contributed by atoms with Crippen LogP contribution in [0.1, 0.15) is 12.8 Å². The van der Waals surface area contributed by atoms with Crippen molar-refractivity contribution >= 4 is 27.5 Å². The van der Waals surface area contributed by atoms with Gasteiger partial charge in [-0.1, -0.05) is 22.0 Å². The Morgan fingerprint density at radius 1 is 1.41 bits per heavy atom. The Bertz CT molecular complexity index is 572. The number of hydrogen-bond acceptors (Lipinski definition) is 4. The maximum absolute atomic E-state index is 11.9. The minimum Gasteiger partial charge on any atom is -0.379 e. The number of allylic oxidation sites excluding steroid dienone is 4. The van der Waals surface area contributed by atoms with Crippen LogP contribution in [-0.4, -0.2) is 55.9 Å². The molecule has 0 aromatic rings. The number of fused-ring (bicyclic) bond motifs is 1. The Morgan fingerprint density at radius 3 is 3.05 bits per heavy atom. The van der Waals surface area contributed by atoms with Crippen molar-refractivity contribution in [3.05, 3.63) is 34.0 Å². The number of amides is 1. The molecule has 0 unspecified atom stereocenters. The largest absolute Gasteiger partial charge is 0.379 e. The zero-order chi connectivity index (χ0) is 15.4. The molecular formula is C16H20BrN3O2. The smallest absolute Gasteiger partial charge is 0.234 e. The van der Waals surface area contributed by atoms with Crippen molar-refractivity contribution < 1.29 is 9.53 Å². The Kier molecular flexibility index (Phi) is 5.23. The Balaban J connectivity index is 1.42. The molecule has 1 amide bonds. The van der Waals surface area contributed by atoms with Gasteiger partial charge < -0.3 is 10.1 Å². The van der Waals surface area contributed by atoms with E-state index in [1.807, 2.05) is 6.20 Å². The van der Waals surface area contributed by atoms with E-state index in [-0.39, 0.29) is 5.91 Å². The number of aliphatic imine (C=N–C) groups is 1. The number of ether oxygens (including phenoxy) is 1. The summed E-state index contributed by atoms with van der Waals surface area (Å²) in [7, 11) is 0. The van der Waals surface area contributed by atoms with E-state index in [0.29, 0.717) is 13.1 Å². The van der Waals surface area contributed by atoms with Gasteiger partial charge in [-0.3, -0.25) is 14.7 Å². The molecule has 1 aliphatic carbocycles. The summed E-state index contributed by atoms with van der Waals surface area (Å²) >= 11 is 3.52. The highest BCUT2D eigenvalue weighted by Gasteiger charge is 2.20. The lowest BCUT2D eigenvalue weighted by molar-refractivity contribution is -0.123. The van der Waals surface area contributed by atoms with Crippen LogP contribution < -0.4 is 5.32 Å². The third-order valence-corrected chi connectivity index (χ3v) is 4.55. The molecular weight excluding hydrogens is 346 g/mol. The van der Waals surface area contributed by atoms with E-state index in [0.717, 1.165) is 49.3 Å². The van der Waals surface area contributed by atoms with Crippen LogP contribution in [0.2, 0.25) is 0 Å². The van der Waals surface area contributed by atoms with Gasteiger partial charge in [0.15, 0.2) is 0 Å². The van der Waals surface area contributed by atoms with E-state index in [1.165, 1.54) is 11.1 Å². The minimum atomic E-state index is 0.0836. The molecule has 0 bridgehead atoms. The van der Waals surface area contributed by atoms with Crippen LogP contribution >= 0.6 is 15.9 Å². The molecule has 0 saturated carbocycles. The van der Waals surface area contributed by atoms with Crippen molar-refractivity contribution in [2.45, 2.75) is 12.8 Å². The topological polar surface area (TPSA) is 53.9 Å². The van der Waals surface area contributed by atoms with E-state index in [9.17, 15) is 4.79 Å². The molecule has 1 N–H and O–H groups in total. The highest BCUT2D eigenvalue weighted by molar-refractivity contribution is 9.11. The maximum atomic E-state index is 11.9. The first-order valence-corrected chi connectivity index (χ1v) is 8.42. The fraction of sp³-hybridized carbons (Fsp3) is 0.500. The Hall–Kier alpha value is -1.24. The van der Waals surface area contributed by atoms with E-state index in [1.54, 1.807) is 0 Å². The molecule has 6 heteroatoms. The first kappa shape index (κ1) is 15.6. The van der Waals surface area contributed by atoms with Crippen LogP contribution in [0.5, 0.6) is 0 Å². The van der Waals surface area contributed by atoms with Crippen LogP contribution in [0.3, 0.4) is 0 Å². The first-order valence-electron chi connectivity index (χ1n) is 7.63. The summed E-state index contributed by atoms with van der Waals surface area (Å²) < 4.78 is 6.38. The predicted octanol–water partition coefficient (Wildman–Crippen LogP) is 1.77. The van der Waals surface area contributed by atoms with Gasteiger partial charge in [0.25, 0.3) is 0 Å². The van der Waals surface area contributed by atoms with Crippen LogP contribution in [0.15, 0.2) is 39.0 Å². The quantitative estimate of drug-likeness (QED) is 0.807. The number of hydrogen-bond donors (Lipinski definition) is 1. The molecule has 0 spiro atoms. The van der Waals surface area contributed by atoms with Gasteiger partial charge >= 0.3 is 0 Å². The molecule has 1 saturated heterocycles. The molecule has 1 fully saturated rings. The average Bonchev–Trinajstić information content (AvgIpc) is 2.91. The van der Waals surface area contributed by atoms with Crippen molar-refractivity contribution in [3.8, 4) is 0 Å². The molecule has 0 aromatic heterocycles. The minimum absolute atomic E-state index is 0.0836. The molecule has 0 aromatic carbocycles. The fourth-order valence-corrected chi connectivity index (χ4v) is 3.15. The van der Waals surface area contributed by atoms with Gasteiger partial charge in [-0.05, 0) is 18.1 Å². The van der Waals surface area contributed by atoms with E-state index in [2.05, 4.69) is 43.3 Å². The SMILES string of the molecule is O=C(CN1CCOCC1)NCCC1=CN=C2CC=C(Br)C=C12. The third kappa shape index (κ3) is 3.94. The van der Waals surface area contributed by atoms with Gasteiger partial charge in [-0.15, -0.1) is 0 Å². The molecule has 0 radical (unpaired) electrons. The summed E-state index contributed by atoms with van der Waals surface area (Å²) in [5.74, 6) is 0.0836. The number of carbonyl (C=O) groups excluding carboxylic acids is 1. The van der Waals surface area contributed by atoms with Crippen LogP contribution in [0.25, 0.3) is 0 Å². The van der Waals surface area contributed by atoms with Gasteiger partial charge in [0, 0.05) is 42.3 Å². The van der Waals surface area contributed by atoms with Crippen LogP contribution in [0, 0.1) is 0 Å². The molecule has 2 aliphatic heterocycles. The van der Waals surface area contributed by atoms with Crippen LogP contribution in [0.4, 0.5) is 0 Å². The van der Waals surface area contributed by atoms with Gasteiger partial charge in [0.1, 0.15) is 0 Å². The summed E-state index contributed by atoms with van der Waals surface area (Å²) in [6.07, 6.45) is 7.83. The lowest BCUT2D eigenvalue weighted by Gasteiger charge is -2.25. The standard InChI is InChI=1S/C16H20BrN3O2/c17-13-1-2-15-14(9-13)12(10-19-15)3-4-18-16(21)11-20-5-7-22-8-6-20/h1,9-10H,2-8,11H2,(H,18,21). The molecule has 118 valence electrons. The first-order chi connectivity index (χ1) is 10.7. The molecule has 2 heterocycles. The number of carbonyl (C=O) groups is 1. The number of halogens is 1. The van der Waals surface area contributed by atoms with E-state index in [4.69, 9.17) is 4.74 Å². The summed E-state index contributed by atoms with van der Waals surface area (Å²) in [5.41, 5.74) is 3.53. The molecule has 0 atom stereocenters. The molecule has 5 nitrogen and oxygen atoms in total. The summed E-state index contributed by atoms with van der Waals surface area (Å²) in [6.45, 7) is 4.22. The zero-order valence-electron chi connectivity index (χ0n) is 12.5. The molecule has 22 heavy (non-hydrogen) atoms. The number of nitrogens with one attached hydrogen (secondary N) is 1. The lowest BCUT2D eigenvalue weighted by atomic mass is 9.96.